The van der Waals surface area contributed by atoms with Gasteiger partial charge >= 0.3 is 5.97 Å². The van der Waals surface area contributed by atoms with Gasteiger partial charge in [0.15, 0.2) is 0 Å². The summed E-state index contributed by atoms with van der Waals surface area (Å²) in [4.78, 5) is 43.7. The summed E-state index contributed by atoms with van der Waals surface area (Å²) < 4.78 is 11.8. The van der Waals surface area contributed by atoms with Crippen molar-refractivity contribution in [3.8, 4) is 0 Å². The lowest BCUT2D eigenvalue weighted by Gasteiger charge is -2.38. The molecule has 3 rings (SSSR count). The molecule has 3 fully saturated rings. The van der Waals surface area contributed by atoms with Crippen molar-refractivity contribution in [1.82, 2.24) is 9.80 Å². The minimum Gasteiger partial charge on any atom is -0.461 e. The number of hydrogen-bond acceptors (Lipinski definition) is 6. The van der Waals surface area contributed by atoms with E-state index >= 15 is 0 Å². The van der Waals surface area contributed by atoms with Crippen LogP contribution in [-0.4, -0.2) is 82.3 Å². The first-order chi connectivity index (χ1) is 15.2. The number of hydrogen-bond donors (Lipinski definition) is 1. The van der Waals surface area contributed by atoms with E-state index < -0.39 is 35.0 Å². The first-order valence-electron chi connectivity index (χ1n) is 11.5. The van der Waals surface area contributed by atoms with Gasteiger partial charge in [-0.25, -0.2) is 0 Å². The summed E-state index contributed by atoms with van der Waals surface area (Å²) in [5.74, 6) is -2.68. The Morgan fingerprint density at radius 3 is 2.69 bits per heavy atom. The number of carbonyl (C=O) groups excluding carboxylic acids is 3. The number of carbonyl (C=O) groups is 3. The van der Waals surface area contributed by atoms with Crippen molar-refractivity contribution < 1.29 is 29.0 Å². The lowest BCUT2D eigenvalue weighted by atomic mass is 9.66. The Morgan fingerprint density at radius 2 is 2.09 bits per heavy atom. The van der Waals surface area contributed by atoms with E-state index in [1.165, 1.54) is 11.0 Å². The van der Waals surface area contributed by atoms with E-state index in [1.807, 2.05) is 13.8 Å². The lowest BCUT2D eigenvalue weighted by Crippen LogP contribution is -2.58. The van der Waals surface area contributed by atoms with Gasteiger partial charge in [0.25, 0.3) is 0 Å². The zero-order chi connectivity index (χ0) is 23.7. The molecule has 8 heteroatoms. The van der Waals surface area contributed by atoms with Gasteiger partial charge in [0.1, 0.15) is 24.2 Å². The maximum absolute atomic E-state index is 14.0. The van der Waals surface area contributed by atoms with Crippen LogP contribution >= 0.6 is 0 Å². The van der Waals surface area contributed by atoms with Gasteiger partial charge in [-0.15, -0.1) is 6.58 Å². The predicted octanol–water partition coefficient (Wildman–Crippen LogP) is 1.68. The SMILES string of the molecule is C=CCOC(=O)[C@@H]1[C@H]2C(=O)N(CCO)C(C(=O)N(CC=C)C(C)CCC)C23CC[C@@]1(C)O3. The maximum atomic E-state index is 14.0. The molecule has 3 aliphatic rings. The van der Waals surface area contributed by atoms with Crippen molar-refractivity contribution in [2.24, 2.45) is 11.8 Å². The molecule has 0 aromatic rings. The molecule has 0 radical (unpaired) electrons. The normalized spacial score (nSPS) is 33.7. The summed E-state index contributed by atoms with van der Waals surface area (Å²) in [6.07, 6.45) is 5.92. The van der Waals surface area contributed by atoms with Crippen molar-refractivity contribution in [3.05, 3.63) is 25.3 Å². The molecule has 1 spiro atoms. The summed E-state index contributed by atoms with van der Waals surface area (Å²) in [5.41, 5.74) is -1.98. The number of amides is 2. The second-order valence-electron chi connectivity index (χ2n) is 9.32. The molecular weight excluding hydrogens is 412 g/mol. The fourth-order valence-electron chi connectivity index (χ4n) is 6.00. The van der Waals surface area contributed by atoms with Crippen LogP contribution in [-0.2, 0) is 23.9 Å². The number of aliphatic hydroxyl groups excluding tert-OH is 1. The van der Waals surface area contributed by atoms with Crippen molar-refractivity contribution in [3.63, 3.8) is 0 Å². The molecule has 178 valence electrons. The predicted molar refractivity (Wildman–Crippen MR) is 118 cm³/mol. The molecule has 2 amide bonds. The first kappa shape index (κ1) is 24.5. The minimum absolute atomic E-state index is 0.00603. The summed E-state index contributed by atoms with van der Waals surface area (Å²) in [6, 6.07) is -0.944. The van der Waals surface area contributed by atoms with E-state index in [2.05, 4.69) is 20.1 Å². The Morgan fingerprint density at radius 1 is 1.38 bits per heavy atom. The highest BCUT2D eigenvalue weighted by Crippen LogP contribution is 2.63. The van der Waals surface area contributed by atoms with Crippen LogP contribution in [0.4, 0.5) is 0 Å². The van der Waals surface area contributed by atoms with Crippen LogP contribution in [0.25, 0.3) is 0 Å². The van der Waals surface area contributed by atoms with Crippen LogP contribution in [0.5, 0.6) is 0 Å². The Hall–Kier alpha value is -2.19. The lowest BCUT2D eigenvalue weighted by molar-refractivity contribution is -0.160. The van der Waals surface area contributed by atoms with Crippen LogP contribution in [0.1, 0.15) is 46.5 Å². The number of aliphatic hydroxyl groups is 1. The van der Waals surface area contributed by atoms with Gasteiger partial charge in [0.05, 0.1) is 18.1 Å². The standard InChI is InChI=1S/C24H36N2O6/c1-6-9-16(4)25(12-7-2)21(29)19-24-11-10-23(5,32-24)18(22(30)31-15-8-3)17(24)20(28)26(19)13-14-27/h7-8,16-19,27H,2-3,6,9-15H2,1,4-5H3/t16?,17-,18-,19?,23+,24?/m0/s1. The molecule has 8 nitrogen and oxygen atoms in total. The van der Waals surface area contributed by atoms with Crippen LogP contribution in [0.2, 0.25) is 0 Å². The maximum Gasteiger partial charge on any atom is 0.313 e. The molecule has 3 unspecified atom stereocenters. The van der Waals surface area contributed by atoms with Gasteiger partial charge in [0.2, 0.25) is 11.8 Å². The Bertz CT molecular complexity index is 784. The van der Waals surface area contributed by atoms with E-state index in [0.717, 1.165) is 12.8 Å². The van der Waals surface area contributed by atoms with E-state index in [-0.39, 0.29) is 37.6 Å². The fraction of sp³-hybridized carbons (Fsp3) is 0.708. The van der Waals surface area contributed by atoms with Crippen LogP contribution in [0.3, 0.4) is 0 Å². The molecule has 32 heavy (non-hydrogen) atoms. The highest BCUT2D eigenvalue weighted by Gasteiger charge is 2.78. The number of rotatable bonds is 11. The van der Waals surface area contributed by atoms with Crippen molar-refractivity contribution in [2.75, 3.05) is 26.3 Å². The van der Waals surface area contributed by atoms with E-state index in [9.17, 15) is 19.5 Å². The Labute approximate surface area is 190 Å². The molecule has 1 N–H and O–H groups in total. The van der Waals surface area contributed by atoms with Gasteiger partial charge in [-0.2, -0.15) is 0 Å². The molecule has 0 aliphatic carbocycles. The van der Waals surface area contributed by atoms with Crippen LogP contribution in [0.15, 0.2) is 25.3 Å². The molecule has 6 atom stereocenters. The average molecular weight is 449 g/mol. The van der Waals surface area contributed by atoms with Gasteiger partial charge in [-0.05, 0) is 33.1 Å². The highest BCUT2D eigenvalue weighted by atomic mass is 16.6. The number of nitrogens with zero attached hydrogens (tertiary/aromatic N) is 2. The monoisotopic (exact) mass is 448 g/mol. The number of β-amino-alcohol motifs (C(OH)–C–C–N with tert-alkyl or cyclic N) is 1. The number of esters is 1. The second-order valence-corrected chi connectivity index (χ2v) is 9.32. The largest absolute Gasteiger partial charge is 0.461 e. The van der Waals surface area contributed by atoms with E-state index in [1.54, 1.807) is 11.0 Å². The number of likely N-dealkylation sites (tertiary alicyclic amines) is 1. The molecule has 3 saturated heterocycles. The van der Waals surface area contributed by atoms with Gasteiger partial charge in [-0.1, -0.05) is 32.1 Å². The van der Waals surface area contributed by atoms with Gasteiger partial charge in [-0.3, -0.25) is 14.4 Å². The zero-order valence-corrected chi connectivity index (χ0v) is 19.4. The van der Waals surface area contributed by atoms with Crippen LogP contribution in [0, 0.1) is 11.8 Å². The molecule has 0 aromatic carbocycles. The van der Waals surface area contributed by atoms with E-state index in [0.29, 0.717) is 19.4 Å². The highest BCUT2D eigenvalue weighted by molar-refractivity contribution is 5.98. The fourth-order valence-corrected chi connectivity index (χ4v) is 6.00. The minimum atomic E-state index is -1.11. The molecule has 0 aromatic heterocycles. The third-order valence-electron chi connectivity index (χ3n) is 7.30. The third-order valence-corrected chi connectivity index (χ3v) is 7.30. The summed E-state index contributed by atoms with van der Waals surface area (Å²) in [6.45, 7) is 13.3. The van der Waals surface area contributed by atoms with E-state index in [4.69, 9.17) is 9.47 Å². The van der Waals surface area contributed by atoms with Crippen LogP contribution < -0.4 is 0 Å². The van der Waals surface area contributed by atoms with Crippen molar-refractivity contribution in [1.29, 1.82) is 0 Å². The smallest absolute Gasteiger partial charge is 0.313 e. The summed E-state index contributed by atoms with van der Waals surface area (Å²) in [7, 11) is 0. The van der Waals surface area contributed by atoms with Crippen molar-refractivity contribution >= 4 is 17.8 Å². The second kappa shape index (κ2) is 9.35. The van der Waals surface area contributed by atoms with Gasteiger partial charge < -0.3 is 24.4 Å². The average Bonchev–Trinajstić information content (AvgIpc) is 3.31. The van der Waals surface area contributed by atoms with Crippen molar-refractivity contribution in [2.45, 2.75) is 69.7 Å². The molecular formula is C24H36N2O6. The molecule has 3 heterocycles. The summed E-state index contributed by atoms with van der Waals surface area (Å²) in [5, 5.41) is 9.67. The Balaban J connectivity index is 2.04. The number of ether oxygens (including phenoxy) is 2. The molecule has 3 aliphatic heterocycles. The first-order valence-corrected chi connectivity index (χ1v) is 11.5. The topological polar surface area (TPSA) is 96.4 Å². The third kappa shape index (κ3) is 3.67. The molecule has 2 bridgehead atoms. The Kier molecular flexibility index (Phi) is 7.15. The quantitative estimate of drug-likeness (QED) is 0.382. The van der Waals surface area contributed by atoms with Gasteiger partial charge in [0, 0.05) is 19.1 Å². The molecule has 0 saturated carbocycles. The summed E-state index contributed by atoms with van der Waals surface area (Å²) >= 11 is 0. The number of fused-ring (bicyclic) bond motifs is 1. The zero-order valence-electron chi connectivity index (χ0n) is 19.4.